The molecule has 2 bridgehead atoms. The molecule has 4 aliphatic rings. The molecule has 0 radical (unpaired) electrons. The van der Waals surface area contributed by atoms with Gasteiger partial charge < -0.3 is 51.4 Å². The summed E-state index contributed by atoms with van der Waals surface area (Å²) in [5.41, 5.74) is 10.4. The number of carbonyl (C=O) groups is 4. The molecule has 1 unspecified atom stereocenters. The summed E-state index contributed by atoms with van der Waals surface area (Å²) in [7, 11) is 3.67. The third-order valence-corrected chi connectivity index (χ3v) is 10.5. The van der Waals surface area contributed by atoms with E-state index in [0.29, 0.717) is 49.0 Å². The molecule has 1 aromatic carbocycles. The molecule has 5 rings (SSSR count). The van der Waals surface area contributed by atoms with E-state index in [1.807, 2.05) is 12.1 Å². The number of likely N-dealkylation sites (tertiary alicyclic amines) is 1. The molecule has 15 heteroatoms. The number of nitrogens with one attached hydrogen (secondary N) is 4. The Bertz CT molecular complexity index is 1470. The van der Waals surface area contributed by atoms with Gasteiger partial charge in [0.25, 0.3) is 0 Å². The molecule has 15 nitrogen and oxygen atoms in total. The van der Waals surface area contributed by atoms with Crippen molar-refractivity contribution in [3.05, 3.63) is 35.9 Å². The molecule has 1 spiro atoms. The number of amides is 3. The first kappa shape index (κ1) is 34.1. The number of nitrogens with zero attached hydrogens (tertiary/aromatic N) is 2. The van der Waals surface area contributed by atoms with Gasteiger partial charge >= 0.3 is 6.09 Å². The van der Waals surface area contributed by atoms with Crippen LogP contribution in [0.3, 0.4) is 0 Å². The van der Waals surface area contributed by atoms with Crippen molar-refractivity contribution in [2.45, 2.75) is 67.7 Å². The second kappa shape index (κ2) is 13.1. The molecular formula is C32H47N8O7+. The number of rotatable bonds is 13. The minimum atomic E-state index is -1.16. The van der Waals surface area contributed by atoms with Crippen molar-refractivity contribution >= 4 is 29.7 Å². The van der Waals surface area contributed by atoms with E-state index in [1.54, 1.807) is 6.07 Å². The number of ether oxygens (including phenoxy) is 2. The number of ketones is 1. The van der Waals surface area contributed by atoms with Crippen LogP contribution in [0.4, 0.5) is 4.79 Å². The molecule has 2 aliphatic heterocycles. The van der Waals surface area contributed by atoms with E-state index < -0.39 is 41.1 Å². The molecule has 0 aromatic heterocycles. The predicted octanol–water partition coefficient (Wildman–Crippen LogP) is -1.01. The van der Waals surface area contributed by atoms with Gasteiger partial charge in [-0.3, -0.25) is 19.8 Å². The van der Waals surface area contributed by atoms with Crippen molar-refractivity contribution in [3.63, 3.8) is 0 Å². The van der Waals surface area contributed by atoms with Crippen LogP contribution in [0.5, 0.6) is 11.5 Å². The number of hydrogen-bond acceptors (Lipinski definition) is 9. The highest BCUT2D eigenvalue weighted by Gasteiger charge is 2.76. The molecule has 256 valence electrons. The Morgan fingerprint density at radius 1 is 1.30 bits per heavy atom. The Balaban J connectivity index is 1.27. The van der Waals surface area contributed by atoms with Crippen LogP contribution < -0.4 is 36.9 Å². The summed E-state index contributed by atoms with van der Waals surface area (Å²) in [5.74, 6) is -0.658. The number of piperidine rings is 1. The van der Waals surface area contributed by atoms with Gasteiger partial charge in [0.2, 0.25) is 11.8 Å². The van der Waals surface area contributed by atoms with Gasteiger partial charge in [-0.1, -0.05) is 12.6 Å². The number of Topliss-reactive ketones (excluding diaryl/α,β-unsaturated/α-hetero) is 1. The standard InChI is InChI=1S/C32H46N8O7/c1-4-15-40(3)16-11-31-25-19-7-8-22(26(25)47-27(31)21(41)9-10-32(31,45)23(40)17-19)46-30(44)39(2)14-13-36-28(43)20(38-24(42)18-33)6-5-12-37-29(34)35/h4,7-8,20,23,27,45H,1,5-6,9-18,33H2,2-3H3,(H5-,34,35,36,37,38,42,43)/p+1/t20-,23+,27-,31-,32+,40?/m0/s1. The van der Waals surface area contributed by atoms with E-state index in [0.717, 1.165) is 17.7 Å². The lowest BCUT2D eigenvalue weighted by atomic mass is 9.48. The van der Waals surface area contributed by atoms with E-state index >= 15 is 0 Å². The van der Waals surface area contributed by atoms with Gasteiger partial charge in [-0.25, -0.2) is 4.79 Å². The molecule has 2 fully saturated rings. The normalized spacial score (nSPS) is 28.6. The minimum Gasteiger partial charge on any atom is -0.477 e. The molecule has 9 N–H and O–H groups in total. The molecule has 1 aromatic rings. The summed E-state index contributed by atoms with van der Waals surface area (Å²) in [5, 5.41) is 27.7. The zero-order valence-electron chi connectivity index (χ0n) is 27.1. The molecule has 47 heavy (non-hydrogen) atoms. The fourth-order valence-electron chi connectivity index (χ4n) is 8.20. The number of aliphatic hydroxyl groups is 1. The van der Waals surface area contributed by atoms with Crippen LogP contribution >= 0.6 is 0 Å². The number of quaternary nitrogens is 1. The number of benzene rings is 1. The lowest BCUT2D eigenvalue weighted by Gasteiger charge is -2.64. The largest absolute Gasteiger partial charge is 0.477 e. The van der Waals surface area contributed by atoms with Gasteiger partial charge in [-0.2, -0.15) is 0 Å². The molecule has 1 saturated carbocycles. The minimum absolute atomic E-state index is 0.0569. The highest BCUT2D eigenvalue weighted by Crippen LogP contribution is 2.65. The highest BCUT2D eigenvalue weighted by molar-refractivity contribution is 5.90. The van der Waals surface area contributed by atoms with Crippen molar-refractivity contribution in [2.24, 2.45) is 11.5 Å². The van der Waals surface area contributed by atoms with Crippen molar-refractivity contribution < 1.29 is 38.2 Å². The summed E-state index contributed by atoms with van der Waals surface area (Å²) in [6, 6.07) is 2.60. The quantitative estimate of drug-likeness (QED) is 0.0451. The van der Waals surface area contributed by atoms with Crippen LogP contribution in [0.1, 0.15) is 43.2 Å². The van der Waals surface area contributed by atoms with Crippen LogP contribution in [0.15, 0.2) is 24.8 Å². The maximum atomic E-state index is 13.3. The fraction of sp³-hybridized carbons (Fsp3) is 0.594. The van der Waals surface area contributed by atoms with Gasteiger partial charge in [0.1, 0.15) is 17.7 Å². The van der Waals surface area contributed by atoms with E-state index in [-0.39, 0.29) is 56.0 Å². The Kier molecular flexibility index (Phi) is 9.53. The maximum Gasteiger partial charge on any atom is 0.415 e. The lowest BCUT2D eigenvalue weighted by Crippen LogP contribution is -2.80. The first-order valence-electron chi connectivity index (χ1n) is 16.1. The Labute approximate surface area is 274 Å². The Hall–Kier alpha value is -4.21. The van der Waals surface area contributed by atoms with Gasteiger partial charge in [0.05, 0.1) is 32.1 Å². The fourth-order valence-corrected chi connectivity index (χ4v) is 8.20. The van der Waals surface area contributed by atoms with Gasteiger partial charge in [-0.15, -0.1) is 0 Å². The first-order valence-corrected chi connectivity index (χ1v) is 16.1. The van der Waals surface area contributed by atoms with E-state index in [2.05, 4.69) is 29.6 Å². The van der Waals surface area contributed by atoms with Crippen LogP contribution in [-0.2, 0) is 26.2 Å². The lowest BCUT2D eigenvalue weighted by molar-refractivity contribution is -0.944. The predicted molar refractivity (Wildman–Crippen MR) is 172 cm³/mol. The van der Waals surface area contributed by atoms with E-state index in [9.17, 15) is 24.3 Å². The SMILES string of the molecule is C=CC[N+]1(C)CC[C@]23c4c5ccc(OC(=O)N(C)CCNC(=O)[C@H](CCCNC(=N)N)NC(=O)CN)c4O[C@H]2C(=O)CC[C@@]3(O)[C@H]1C5. The molecular weight excluding hydrogens is 608 g/mol. The number of likely N-dealkylation sites (N-methyl/N-ethyl adjacent to an activating group) is 2. The van der Waals surface area contributed by atoms with Crippen LogP contribution in [-0.4, -0.2) is 121 Å². The summed E-state index contributed by atoms with van der Waals surface area (Å²) >= 11 is 0. The average Bonchev–Trinajstić information content (AvgIpc) is 3.40. The summed E-state index contributed by atoms with van der Waals surface area (Å²) in [4.78, 5) is 52.5. The topological polar surface area (TPSA) is 222 Å². The van der Waals surface area contributed by atoms with Crippen molar-refractivity contribution in [1.29, 1.82) is 5.41 Å². The summed E-state index contributed by atoms with van der Waals surface area (Å²) in [6.07, 6.45) is 2.80. The summed E-state index contributed by atoms with van der Waals surface area (Å²) in [6.45, 7) is 5.65. The van der Waals surface area contributed by atoms with Gasteiger partial charge in [-0.05, 0) is 37.0 Å². The first-order chi connectivity index (χ1) is 22.3. The van der Waals surface area contributed by atoms with Gasteiger partial charge in [0.15, 0.2) is 29.3 Å². The molecule has 3 amide bonds. The molecule has 1 saturated heterocycles. The smallest absolute Gasteiger partial charge is 0.415 e. The zero-order chi connectivity index (χ0) is 34.1. The maximum absolute atomic E-state index is 13.3. The molecule has 6 atom stereocenters. The Morgan fingerprint density at radius 3 is 2.77 bits per heavy atom. The highest BCUT2D eigenvalue weighted by atomic mass is 16.6. The second-order valence-electron chi connectivity index (χ2n) is 13.3. The average molecular weight is 656 g/mol. The van der Waals surface area contributed by atoms with E-state index in [1.165, 1.54) is 11.9 Å². The third kappa shape index (κ3) is 5.91. The second-order valence-corrected chi connectivity index (χ2v) is 13.3. The monoisotopic (exact) mass is 655 g/mol. The van der Waals surface area contributed by atoms with Crippen molar-refractivity contribution in [1.82, 2.24) is 20.9 Å². The number of nitrogens with two attached hydrogens (primary N) is 2. The van der Waals surface area contributed by atoms with E-state index in [4.69, 9.17) is 26.4 Å². The number of guanidine groups is 1. The zero-order valence-corrected chi connectivity index (χ0v) is 27.1. The number of carbonyl (C=O) groups excluding carboxylic acids is 4. The summed E-state index contributed by atoms with van der Waals surface area (Å²) < 4.78 is 12.8. The molecule has 2 heterocycles. The number of hydrogen-bond donors (Lipinski definition) is 7. The van der Waals surface area contributed by atoms with Gasteiger partial charge in [0, 0.05) is 51.5 Å². The van der Waals surface area contributed by atoms with Crippen LogP contribution in [0, 0.1) is 5.41 Å². The Morgan fingerprint density at radius 2 is 2.06 bits per heavy atom. The van der Waals surface area contributed by atoms with Crippen LogP contribution in [0.2, 0.25) is 0 Å². The van der Waals surface area contributed by atoms with Crippen LogP contribution in [0.25, 0.3) is 0 Å². The molecule has 2 aliphatic carbocycles. The third-order valence-electron chi connectivity index (χ3n) is 10.5. The van der Waals surface area contributed by atoms with Crippen molar-refractivity contribution in [3.8, 4) is 11.5 Å². The van der Waals surface area contributed by atoms with Crippen molar-refractivity contribution in [2.75, 3.05) is 53.4 Å².